The maximum Gasteiger partial charge on any atom is 0.339 e. The van der Waals surface area contributed by atoms with Gasteiger partial charge in [-0.25, -0.2) is 14.8 Å². The molecule has 0 aliphatic rings. The molecular weight excluding hydrogens is 364 g/mol. The van der Waals surface area contributed by atoms with E-state index in [1.54, 1.807) is 31.5 Å². The van der Waals surface area contributed by atoms with Crippen molar-refractivity contribution >= 4 is 23.1 Å². The van der Waals surface area contributed by atoms with E-state index in [0.29, 0.717) is 22.5 Å². The second-order valence-electron chi connectivity index (χ2n) is 5.77. The average Bonchev–Trinajstić information content (AvgIpc) is 3.12. The number of esters is 1. The molecule has 0 aliphatic heterocycles. The minimum atomic E-state index is -0.465. The van der Waals surface area contributed by atoms with Gasteiger partial charge in [-0.1, -0.05) is 0 Å². The minimum Gasteiger partial charge on any atom is -0.462 e. The molecule has 0 atom stereocenters. The number of rotatable bonds is 6. The van der Waals surface area contributed by atoms with Crippen molar-refractivity contribution in [2.24, 2.45) is 0 Å². The number of anilines is 1. The van der Waals surface area contributed by atoms with Crippen LogP contribution in [0.4, 0.5) is 5.82 Å². The summed E-state index contributed by atoms with van der Waals surface area (Å²) >= 11 is 1.43. The summed E-state index contributed by atoms with van der Waals surface area (Å²) in [6.45, 7) is 6.45. The molecule has 140 valence electrons. The number of hydrogen-bond acceptors (Lipinski definition) is 7. The summed E-state index contributed by atoms with van der Waals surface area (Å²) in [5.74, 6) is 0.303. The number of hydrogen-bond donors (Lipinski definition) is 2. The zero-order valence-corrected chi connectivity index (χ0v) is 16.1. The van der Waals surface area contributed by atoms with Crippen molar-refractivity contribution in [2.45, 2.75) is 20.8 Å². The number of ether oxygens (including phenoxy) is 1. The first-order valence-corrected chi connectivity index (χ1v) is 9.48. The maximum atomic E-state index is 12.4. The standard InChI is InChI=1S/C19H20N4O3S/c1-4-20-16-8-12(6-7-21-16)18-23-15(10-27-18)14-9-13(19(25)26-5-2)11(3)22-17(14)24/h6-10H,4-5H2,1-3H3,(H,20,21)(H,22,24). The number of H-pyrrole nitrogens is 1. The van der Waals surface area contributed by atoms with Crippen molar-refractivity contribution in [3.8, 4) is 21.8 Å². The molecule has 0 bridgehead atoms. The zero-order chi connectivity index (χ0) is 19.4. The highest BCUT2D eigenvalue weighted by Crippen LogP contribution is 2.29. The normalized spacial score (nSPS) is 10.6. The van der Waals surface area contributed by atoms with E-state index in [2.05, 4.69) is 20.3 Å². The van der Waals surface area contributed by atoms with Crippen LogP contribution in [0, 0.1) is 6.92 Å². The van der Waals surface area contributed by atoms with Crippen LogP contribution < -0.4 is 10.9 Å². The van der Waals surface area contributed by atoms with Crippen molar-refractivity contribution in [1.82, 2.24) is 15.0 Å². The first kappa shape index (κ1) is 18.8. The smallest absolute Gasteiger partial charge is 0.339 e. The van der Waals surface area contributed by atoms with Crippen molar-refractivity contribution in [2.75, 3.05) is 18.5 Å². The third-order valence-electron chi connectivity index (χ3n) is 3.88. The van der Waals surface area contributed by atoms with E-state index in [9.17, 15) is 9.59 Å². The van der Waals surface area contributed by atoms with Gasteiger partial charge in [0.25, 0.3) is 5.56 Å². The Morgan fingerprint density at radius 2 is 2.15 bits per heavy atom. The molecule has 0 amide bonds. The number of carbonyl (C=O) groups is 1. The van der Waals surface area contributed by atoms with Crippen molar-refractivity contribution in [3.05, 3.63) is 51.4 Å². The fourth-order valence-corrected chi connectivity index (χ4v) is 3.42. The summed E-state index contributed by atoms with van der Waals surface area (Å²) in [5.41, 5.74) is 2.28. The summed E-state index contributed by atoms with van der Waals surface area (Å²) in [5, 5.41) is 5.73. The number of carbonyl (C=O) groups excluding carboxylic acids is 1. The molecule has 3 rings (SSSR count). The lowest BCUT2D eigenvalue weighted by molar-refractivity contribution is 0.0525. The Labute approximate surface area is 160 Å². The van der Waals surface area contributed by atoms with E-state index in [-0.39, 0.29) is 12.2 Å². The number of aryl methyl sites for hydroxylation is 1. The van der Waals surface area contributed by atoms with E-state index < -0.39 is 5.97 Å². The second-order valence-corrected chi connectivity index (χ2v) is 6.63. The van der Waals surface area contributed by atoms with E-state index in [1.165, 1.54) is 11.3 Å². The van der Waals surface area contributed by atoms with Crippen LogP contribution in [-0.2, 0) is 4.74 Å². The van der Waals surface area contributed by atoms with Crippen LogP contribution in [0.25, 0.3) is 21.8 Å². The Morgan fingerprint density at radius 1 is 1.33 bits per heavy atom. The molecule has 0 saturated heterocycles. The number of pyridine rings is 2. The van der Waals surface area contributed by atoms with E-state index in [1.807, 2.05) is 19.1 Å². The van der Waals surface area contributed by atoms with Crippen LogP contribution in [0.1, 0.15) is 29.9 Å². The van der Waals surface area contributed by atoms with Crippen LogP contribution in [-0.4, -0.2) is 34.1 Å². The lowest BCUT2D eigenvalue weighted by atomic mass is 10.1. The molecular formula is C19H20N4O3S. The molecule has 8 heteroatoms. The topological polar surface area (TPSA) is 97.0 Å². The highest BCUT2D eigenvalue weighted by atomic mass is 32.1. The van der Waals surface area contributed by atoms with Gasteiger partial charge in [0.05, 0.1) is 23.4 Å². The van der Waals surface area contributed by atoms with Crippen LogP contribution in [0.15, 0.2) is 34.6 Å². The number of nitrogens with one attached hydrogen (secondary N) is 2. The Morgan fingerprint density at radius 3 is 2.89 bits per heavy atom. The molecule has 0 fully saturated rings. The monoisotopic (exact) mass is 384 g/mol. The summed E-state index contributed by atoms with van der Waals surface area (Å²) < 4.78 is 5.06. The molecule has 3 aromatic rings. The Bertz CT molecular complexity index is 1030. The van der Waals surface area contributed by atoms with Gasteiger partial charge >= 0.3 is 5.97 Å². The molecule has 0 aliphatic carbocycles. The number of aromatic nitrogens is 3. The fourth-order valence-electron chi connectivity index (χ4n) is 2.61. The number of aromatic amines is 1. The van der Waals surface area contributed by atoms with Crippen LogP contribution >= 0.6 is 11.3 Å². The minimum absolute atomic E-state index is 0.268. The van der Waals surface area contributed by atoms with Crippen LogP contribution in [0.2, 0.25) is 0 Å². The first-order valence-electron chi connectivity index (χ1n) is 8.60. The van der Waals surface area contributed by atoms with Crippen molar-refractivity contribution in [1.29, 1.82) is 0 Å². The molecule has 0 unspecified atom stereocenters. The molecule has 0 radical (unpaired) electrons. The van der Waals surface area contributed by atoms with Gasteiger partial charge in [-0.3, -0.25) is 4.79 Å². The average molecular weight is 384 g/mol. The van der Waals surface area contributed by atoms with E-state index >= 15 is 0 Å². The van der Waals surface area contributed by atoms with Gasteiger partial charge < -0.3 is 15.0 Å². The van der Waals surface area contributed by atoms with Gasteiger partial charge in [-0.2, -0.15) is 0 Å². The van der Waals surface area contributed by atoms with Crippen molar-refractivity contribution in [3.63, 3.8) is 0 Å². The molecule has 3 aromatic heterocycles. The number of thiazole rings is 1. The predicted octanol–water partition coefficient (Wildman–Crippen LogP) is 3.48. The van der Waals surface area contributed by atoms with Gasteiger partial charge in [0.2, 0.25) is 0 Å². The predicted molar refractivity (Wildman–Crippen MR) is 106 cm³/mol. The lowest BCUT2D eigenvalue weighted by Crippen LogP contribution is -2.16. The highest BCUT2D eigenvalue weighted by Gasteiger charge is 2.17. The van der Waals surface area contributed by atoms with Gasteiger partial charge in [-0.15, -0.1) is 11.3 Å². The summed E-state index contributed by atoms with van der Waals surface area (Å²) in [7, 11) is 0. The first-order chi connectivity index (χ1) is 13.0. The van der Waals surface area contributed by atoms with Crippen LogP contribution in [0.5, 0.6) is 0 Å². The third kappa shape index (κ3) is 4.06. The third-order valence-corrected chi connectivity index (χ3v) is 4.77. The molecule has 27 heavy (non-hydrogen) atoms. The highest BCUT2D eigenvalue weighted by molar-refractivity contribution is 7.13. The van der Waals surface area contributed by atoms with Crippen molar-refractivity contribution < 1.29 is 9.53 Å². The zero-order valence-electron chi connectivity index (χ0n) is 15.3. The van der Waals surface area contributed by atoms with Gasteiger partial charge in [0.15, 0.2) is 0 Å². The fraction of sp³-hybridized carbons (Fsp3) is 0.263. The van der Waals surface area contributed by atoms with E-state index in [4.69, 9.17) is 4.74 Å². The molecule has 2 N–H and O–H groups in total. The van der Waals surface area contributed by atoms with Gasteiger partial charge in [-0.05, 0) is 39.0 Å². The summed E-state index contributed by atoms with van der Waals surface area (Å²) in [4.78, 5) is 36.0. The molecule has 3 heterocycles. The van der Waals surface area contributed by atoms with Crippen LogP contribution in [0.3, 0.4) is 0 Å². The Kier molecular flexibility index (Phi) is 5.66. The lowest BCUT2D eigenvalue weighted by Gasteiger charge is -2.07. The summed E-state index contributed by atoms with van der Waals surface area (Å²) in [6, 6.07) is 5.32. The quantitative estimate of drug-likeness (QED) is 0.632. The molecule has 0 spiro atoms. The molecule has 0 aromatic carbocycles. The molecule has 0 saturated carbocycles. The van der Waals surface area contributed by atoms with Gasteiger partial charge in [0, 0.05) is 29.4 Å². The largest absolute Gasteiger partial charge is 0.462 e. The Hall–Kier alpha value is -3.00. The Balaban J connectivity index is 1.99. The number of nitrogens with zero attached hydrogens (tertiary/aromatic N) is 2. The van der Waals surface area contributed by atoms with E-state index in [0.717, 1.165) is 22.9 Å². The maximum absolute atomic E-state index is 12.4. The SMILES string of the molecule is CCNc1cc(-c2nc(-c3cc(C(=O)OCC)c(C)[nH]c3=O)cs2)ccn1. The molecule has 7 nitrogen and oxygen atoms in total. The van der Waals surface area contributed by atoms with Gasteiger partial charge in [0.1, 0.15) is 10.8 Å². The summed E-state index contributed by atoms with van der Waals surface area (Å²) in [6.07, 6.45) is 1.71. The second kappa shape index (κ2) is 8.13.